The predicted octanol–water partition coefficient (Wildman–Crippen LogP) is 3.98. The van der Waals surface area contributed by atoms with E-state index in [1.54, 1.807) is 11.8 Å². The van der Waals surface area contributed by atoms with Crippen LogP contribution in [-0.4, -0.2) is 16.1 Å². The Morgan fingerprint density at radius 3 is 2.33 bits per heavy atom. The van der Waals surface area contributed by atoms with Gasteiger partial charge in [0.05, 0.1) is 0 Å². The molecule has 1 atom stereocenters. The van der Waals surface area contributed by atoms with E-state index in [1.165, 1.54) is 0 Å². The Morgan fingerprint density at radius 2 is 1.83 bits per heavy atom. The summed E-state index contributed by atoms with van der Waals surface area (Å²) in [5, 5.41) is 9.95. The number of carbonyl (C=O) groups excluding carboxylic acids is 1. The van der Waals surface area contributed by atoms with E-state index in [-0.39, 0.29) is 11.0 Å². The highest BCUT2D eigenvalue weighted by molar-refractivity contribution is 8.00. The molecule has 1 aromatic carbocycles. The normalized spacial score (nSPS) is 17.6. The van der Waals surface area contributed by atoms with E-state index in [0.717, 1.165) is 4.90 Å². The number of aliphatic hydroxyl groups excluding tert-OH is 1. The zero-order valence-corrected chi connectivity index (χ0v) is 11.5. The molecule has 0 bridgehead atoms. The average Bonchev–Trinajstić information content (AvgIpc) is 2.67. The molecule has 2 nitrogen and oxygen atoms in total. The van der Waals surface area contributed by atoms with Crippen molar-refractivity contribution in [3.63, 3.8) is 0 Å². The number of hydrogen-bond donors (Lipinski definition) is 1. The monoisotopic (exact) mass is 262 g/mol. The van der Waals surface area contributed by atoms with Crippen LogP contribution in [0.5, 0.6) is 0 Å². The van der Waals surface area contributed by atoms with Gasteiger partial charge in [-0.2, -0.15) is 0 Å². The molecule has 0 amide bonds. The lowest BCUT2D eigenvalue weighted by Gasteiger charge is -2.21. The van der Waals surface area contributed by atoms with Crippen molar-refractivity contribution in [1.82, 2.24) is 0 Å². The molecule has 1 aromatic rings. The molecule has 1 aliphatic rings. The van der Waals surface area contributed by atoms with Crippen LogP contribution in [0.15, 0.2) is 46.6 Å². The lowest BCUT2D eigenvalue weighted by atomic mass is 10.0. The summed E-state index contributed by atoms with van der Waals surface area (Å²) in [4.78, 5) is 13.0. The van der Waals surface area contributed by atoms with Crippen molar-refractivity contribution in [2.24, 2.45) is 5.92 Å². The summed E-state index contributed by atoms with van der Waals surface area (Å²) >= 11 is 1.66. The van der Waals surface area contributed by atoms with Crippen LogP contribution < -0.4 is 0 Å². The van der Waals surface area contributed by atoms with Crippen LogP contribution in [0.25, 0.3) is 0 Å². The highest BCUT2D eigenvalue weighted by Gasteiger charge is 2.32. The van der Waals surface area contributed by atoms with Crippen LogP contribution in [0.4, 0.5) is 0 Å². The Bertz CT molecular complexity index is 463. The van der Waals surface area contributed by atoms with Crippen LogP contribution >= 0.6 is 11.8 Å². The number of carbonyl (C=O) groups is 1. The van der Waals surface area contributed by atoms with E-state index in [0.29, 0.717) is 30.1 Å². The highest BCUT2D eigenvalue weighted by atomic mass is 32.2. The van der Waals surface area contributed by atoms with E-state index >= 15 is 0 Å². The summed E-state index contributed by atoms with van der Waals surface area (Å²) in [6.45, 7) is 4.18. The van der Waals surface area contributed by atoms with Crippen LogP contribution in [0.1, 0.15) is 26.7 Å². The summed E-state index contributed by atoms with van der Waals surface area (Å²) < 4.78 is 0. The average molecular weight is 262 g/mol. The maximum atomic E-state index is 11.9. The number of Topliss-reactive ketones (excluding diaryl/α,β-unsaturated/α-hetero) is 1. The van der Waals surface area contributed by atoms with Gasteiger partial charge in [-0.05, 0) is 18.1 Å². The maximum absolute atomic E-state index is 11.9. The fraction of sp³-hybridized carbons (Fsp3) is 0.400. The zero-order chi connectivity index (χ0) is 13.1. The zero-order valence-electron chi connectivity index (χ0n) is 10.7. The lowest BCUT2D eigenvalue weighted by Crippen LogP contribution is -2.19. The molecule has 1 N–H and O–H groups in total. The van der Waals surface area contributed by atoms with Gasteiger partial charge in [0.25, 0.3) is 0 Å². The number of rotatable bonds is 4. The van der Waals surface area contributed by atoms with Gasteiger partial charge >= 0.3 is 0 Å². The van der Waals surface area contributed by atoms with Crippen molar-refractivity contribution in [3.8, 4) is 0 Å². The van der Waals surface area contributed by atoms with Crippen molar-refractivity contribution in [2.45, 2.75) is 36.8 Å². The smallest absolute Gasteiger partial charge is 0.163 e. The summed E-state index contributed by atoms with van der Waals surface area (Å²) in [5.74, 6) is 0.714. The molecular weight excluding hydrogens is 244 g/mol. The van der Waals surface area contributed by atoms with Crippen LogP contribution in [0.3, 0.4) is 0 Å². The molecule has 0 heterocycles. The molecule has 18 heavy (non-hydrogen) atoms. The summed E-state index contributed by atoms with van der Waals surface area (Å²) in [5.41, 5.74) is 0.638. The van der Waals surface area contributed by atoms with Crippen LogP contribution in [0, 0.1) is 5.92 Å². The molecular formula is C15H18O2S. The summed E-state index contributed by atoms with van der Waals surface area (Å²) in [7, 11) is 0. The first kappa shape index (κ1) is 13.2. The van der Waals surface area contributed by atoms with Gasteiger partial charge in [0.1, 0.15) is 5.76 Å². The van der Waals surface area contributed by atoms with Gasteiger partial charge in [0.2, 0.25) is 0 Å². The predicted molar refractivity (Wildman–Crippen MR) is 74.8 cm³/mol. The maximum Gasteiger partial charge on any atom is 0.163 e. The summed E-state index contributed by atoms with van der Waals surface area (Å²) in [6.07, 6.45) is 0.965. The molecule has 0 spiro atoms. The van der Waals surface area contributed by atoms with Gasteiger partial charge in [0, 0.05) is 28.6 Å². The fourth-order valence-electron chi connectivity index (χ4n) is 2.16. The molecule has 0 saturated carbocycles. The van der Waals surface area contributed by atoms with E-state index in [4.69, 9.17) is 0 Å². The Kier molecular flexibility index (Phi) is 4.12. The third kappa shape index (κ3) is 2.78. The Labute approximate surface area is 112 Å². The molecule has 0 aromatic heterocycles. The van der Waals surface area contributed by atoms with Gasteiger partial charge in [0.15, 0.2) is 5.78 Å². The largest absolute Gasteiger partial charge is 0.512 e. The minimum atomic E-state index is 0.0439. The fourth-order valence-corrected chi connectivity index (χ4v) is 3.42. The quantitative estimate of drug-likeness (QED) is 0.834. The van der Waals surface area contributed by atoms with Crippen LogP contribution in [-0.2, 0) is 4.79 Å². The SMILES string of the molecule is CC(C)[C@H](Sc1ccccc1)C1=C(O)CCC1=O. The highest BCUT2D eigenvalue weighted by Crippen LogP contribution is 2.38. The Morgan fingerprint density at radius 1 is 1.17 bits per heavy atom. The molecule has 3 heteroatoms. The number of benzene rings is 1. The second kappa shape index (κ2) is 5.61. The van der Waals surface area contributed by atoms with Crippen molar-refractivity contribution in [2.75, 3.05) is 0 Å². The number of hydrogen-bond acceptors (Lipinski definition) is 3. The van der Waals surface area contributed by atoms with Gasteiger partial charge in [-0.3, -0.25) is 4.79 Å². The molecule has 0 saturated heterocycles. The lowest BCUT2D eigenvalue weighted by molar-refractivity contribution is -0.115. The van der Waals surface area contributed by atoms with Gasteiger partial charge in [-0.15, -0.1) is 11.8 Å². The molecule has 0 radical (unpaired) electrons. The Balaban J connectivity index is 2.25. The van der Waals surface area contributed by atoms with Crippen LogP contribution in [0.2, 0.25) is 0 Å². The standard InChI is InChI=1S/C15H18O2S/c1-10(2)15(14-12(16)8-9-13(14)17)18-11-6-4-3-5-7-11/h3-7,10,15-16H,8-9H2,1-2H3/t15-/m0/s1. The first-order chi connectivity index (χ1) is 8.59. The van der Waals surface area contributed by atoms with E-state index in [2.05, 4.69) is 13.8 Å². The third-order valence-corrected chi connectivity index (χ3v) is 4.67. The minimum Gasteiger partial charge on any atom is -0.512 e. The van der Waals surface area contributed by atoms with Gasteiger partial charge in [-0.25, -0.2) is 0 Å². The topological polar surface area (TPSA) is 37.3 Å². The number of allylic oxidation sites excluding steroid dienone is 1. The minimum absolute atomic E-state index is 0.0439. The first-order valence-electron chi connectivity index (χ1n) is 6.26. The number of aliphatic hydroxyl groups is 1. The first-order valence-corrected chi connectivity index (χ1v) is 7.14. The Hall–Kier alpha value is -1.22. The van der Waals surface area contributed by atoms with E-state index in [9.17, 15) is 9.90 Å². The number of ketones is 1. The van der Waals surface area contributed by atoms with Crippen molar-refractivity contribution < 1.29 is 9.90 Å². The molecule has 0 fully saturated rings. The summed E-state index contributed by atoms with van der Waals surface area (Å²) in [6, 6.07) is 10.0. The molecule has 0 unspecified atom stereocenters. The van der Waals surface area contributed by atoms with Gasteiger partial charge in [-0.1, -0.05) is 32.0 Å². The van der Waals surface area contributed by atoms with E-state index in [1.807, 2.05) is 30.3 Å². The van der Waals surface area contributed by atoms with Crippen molar-refractivity contribution in [1.29, 1.82) is 0 Å². The molecule has 0 aliphatic heterocycles. The third-order valence-electron chi connectivity index (χ3n) is 3.10. The van der Waals surface area contributed by atoms with Crippen molar-refractivity contribution >= 4 is 17.5 Å². The molecule has 2 rings (SSSR count). The number of thioether (sulfide) groups is 1. The molecule has 96 valence electrons. The van der Waals surface area contributed by atoms with E-state index < -0.39 is 0 Å². The van der Waals surface area contributed by atoms with Crippen molar-refractivity contribution in [3.05, 3.63) is 41.7 Å². The van der Waals surface area contributed by atoms with Gasteiger partial charge < -0.3 is 5.11 Å². The molecule has 1 aliphatic carbocycles. The second-order valence-electron chi connectivity index (χ2n) is 4.88. The second-order valence-corrected chi connectivity index (χ2v) is 6.09.